The van der Waals surface area contributed by atoms with Crippen LogP contribution in [0.5, 0.6) is 0 Å². The molecule has 3 aromatic heterocycles. The minimum absolute atomic E-state index is 0.0726. The van der Waals surface area contributed by atoms with Crippen molar-refractivity contribution in [3.63, 3.8) is 0 Å². The maximum Gasteiger partial charge on any atom is 0.226 e. The number of nitrogens with one attached hydrogen (secondary N) is 2. The van der Waals surface area contributed by atoms with E-state index in [1.54, 1.807) is 10.6 Å². The largest absolute Gasteiger partial charge is 0.394 e. The number of hydrogen-bond donors (Lipinski definition) is 5. The zero-order valence-electron chi connectivity index (χ0n) is 22.8. The minimum atomic E-state index is -1.26. The van der Waals surface area contributed by atoms with E-state index in [1.165, 1.54) is 25.6 Å². The minimum Gasteiger partial charge on any atom is -0.394 e. The van der Waals surface area contributed by atoms with E-state index in [0.29, 0.717) is 41.7 Å². The Labute approximate surface area is 227 Å². The first-order chi connectivity index (χ1) is 18.9. The van der Waals surface area contributed by atoms with Gasteiger partial charge in [-0.2, -0.15) is 9.97 Å². The fraction of sp³-hybridized carbons (Fsp3) is 0.692. The lowest BCUT2D eigenvalue weighted by molar-refractivity contribution is -0.0434. The van der Waals surface area contributed by atoms with E-state index in [9.17, 15) is 15.3 Å². The van der Waals surface area contributed by atoms with Crippen molar-refractivity contribution >= 4 is 22.9 Å². The Morgan fingerprint density at radius 1 is 1.13 bits per heavy atom. The van der Waals surface area contributed by atoms with Crippen LogP contribution in [0, 0.1) is 5.92 Å². The molecule has 0 bridgehead atoms. The molecule has 13 nitrogen and oxygen atoms in total. The molecule has 0 amide bonds. The zero-order chi connectivity index (χ0) is 27.5. The molecule has 5 atom stereocenters. The van der Waals surface area contributed by atoms with Crippen molar-refractivity contribution in [3.05, 3.63) is 23.8 Å². The molecule has 5 rings (SSSR count). The van der Waals surface area contributed by atoms with Gasteiger partial charge in [0.05, 0.1) is 24.7 Å². The standard InChI is InChI=1S/C26H40N8O5/c1-4-16-12-18(39-32-16)22-20(36)21(37)25(38-22)34-14-28-19-23(29-17(13-35)15(2)3)30-26(31-24(19)34)27-8-11-33-9-6-5-7-10-33/h12,14-15,17,20-22,25,35-37H,4-11,13H2,1-3H3,(H2,27,29,30,31)/t17-,20+,21-,22-,25-/m1/s1. The topological polar surface area (TPSA) is 167 Å². The molecule has 0 radical (unpaired) electrons. The zero-order valence-corrected chi connectivity index (χ0v) is 22.8. The number of fused-ring (bicyclic) bond motifs is 1. The summed E-state index contributed by atoms with van der Waals surface area (Å²) in [6.07, 6.45) is 1.57. The Morgan fingerprint density at radius 2 is 1.92 bits per heavy atom. The van der Waals surface area contributed by atoms with Gasteiger partial charge in [-0.25, -0.2) is 4.98 Å². The van der Waals surface area contributed by atoms with Crippen LogP contribution in [-0.2, 0) is 11.2 Å². The summed E-state index contributed by atoms with van der Waals surface area (Å²) in [7, 11) is 0. The second-order valence-corrected chi connectivity index (χ2v) is 10.7. The molecule has 13 heteroatoms. The molecular weight excluding hydrogens is 504 g/mol. The molecule has 3 aromatic rings. The molecule has 2 aliphatic heterocycles. The van der Waals surface area contributed by atoms with Gasteiger partial charge in [0.2, 0.25) is 5.95 Å². The number of nitrogens with zero attached hydrogens (tertiary/aromatic N) is 6. The monoisotopic (exact) mass is 544 g/mol. The quantitative estimate of drug-likeness (QED) is 0.237. The van der Waals surface area contributed by atoms with Gasteiger partial charge in [0.1, 0.15) is 18.3 Å². The molecule has 2 aliphatic rings. The Kier molecular flexibility index (Phi) is 8.62. The molecule has 39 heavy (non-hydrogen) atoms. The van der Waals surface area contributed by atoms with E-state index in [-0.39, 0.29) is 18.6 Å². The van der Waals surface area contributed by atoms with Gasteiger partial charge in [-0.3, -0.25) is 4.57 Å². The van der Waals surface area contributed by atoms with Gasteiger partial charge < -0.3 is 40.1 Å². The van der Waals surface area contributed by atoms with Crippen LogP contribution < -0.4 is 10.6 Å². The predicted octanol–water partition coefficient (Wildman–Crippen LogP) is 1.70. The van der Waals surface area contributed by atoms with Gasteiger partial charge in [-0.05, 0) is 38.3 Å². The van der Waals surface area contributed by atoms with Crippen molar-refractivity contribution in [3.8, 4) is 0 Å². The Hall–Kier alpha value is -2.84. The molecule has 0 spiro atoms. The first-order valence-electron chi connectivity index (χ1n) is 13.9. The average molecular weight is 545 g/mol. The summed E-state index contributed by atoms with van der Waals surface area (Å²) in [5, 5.41) is 42.3. The fourth-order valence-corrected chi connectivity index (χ4v) is 5.14. The highest BCUT2D eigenvalue weighted by atomic mass is 16.6. The third-order valence-electron chi connectivity index (χ3n) is 7.64. The third-order valence-corrected chi connectivity index (χ3v) is 7.64. The summed E-state index contributed by atoms with van der Waals surface area (Å²) in [6, 6.07) is 1.48. The molecule has 5 N–H and O–H groups in total. The molecule has 2 fully saturated rings. The normalized spacial score (nSPS) is 25.0. The summed E-state index contributed by atoms with van der Waals surface area (Å²) in [5.41, 5.74) is 1.63. The number of aryl methyl sites for hydroxylation is 1. The number of likely N-dealkylation sites (tertiary alicyclic amines) is 1. The molecule has 0 unspecified atom stereocenters. The van der Waals surface area contributed by atoms with E-state index in [2.05, 4.69) is 30.7 Å². The van der Waals surface area contributed by atoms with E-state index < -0.39 is 24.5 Å². The van der Waals surface area contributed by atoms with Gasteiger partial charge in [-0.15, -0.1) is 0 Å². The van der Waals surface area contributed by atoms with Crippen molar-refractivity contribution in [2.45, 2.75) is 77.0 Å². The maximum absolute atomic E-state index is 11.0. The van der Waals surface area contributed by atoms with Crippen molar-refractivity contribution in [2.75, 3.05) is 43.4 Å². The number of imidazole rings is 1. The van der Waals surface area contributed by atoms with Gasteiger partial charge in [0, 0.05) is 19.2 Å². The summed E-state index contributed by atoms with van der Waals surface area (Å²) >= 11 is 0. The molecule has 214 valence electrons. The van der Waals surface area contributed by atoms with E-state index in [4.69, 9.17) is 14.2 Å². The van der Waals surface area contributed by atoms with E-state index >= 15 is 0 Å². The first-order valence-corrected chi connectivity index (χ1v) is 13.9. The average Bonchev–Trinajstić information content (AvgIpc) is 3.66. The third kappa shape index (κ3) is 5.87. The van der Waals surface area contributed by atoms with Crippen LogP contribution in [0.3, 0.4) is 0 Å². The molecule has 0 aromatic carbocycles. The first kappa shape index (κ1) is 27.7. The smallest absolute Gasteiger partial charge is 0.226 e. The van der Waals surface area contributed by atoms with Gasteiger partial charge >= 0.3 is 0 Å². The number of aromatic nitrogens is 5. The molecular formula is C26H40N8O5. The lowest BCUT2D eigenvalue weighted by atomic mass is 10.1. The summed E-state index contributed by atoms with van der Waals surface area (Å²) in [6.45, 7) is 9.65. The highest BCUT2D eigenvalue weighted by Gasteiger charge is 2.47. The number of hydrogen-bond acceptors (Lipinski definition) is 12. The number of anilines is 2. The summed E-state index contributed by atoms with van der Waals surface area (Å²) in [4.78, 5) is 16.4. The number of piperidine rings is 1. The number of aliphatic hydroxyl groups is 3. The van der Waals surface area contributed by atoms with Gasteiger partial charge in [-0.1, -0.05) is 32.3 Å². The van der Waals surface area contributed by atoms with Crippen molar-refractivity contribution in [1.29, 1.82) is 0 Å². The highest BCUT2D eigenvalue weighted by Crippen LogP contribution is 2.40. The van der Waals surface area contributed by atoms with Crippen LogP contribution in [0.25, 0.3) is 11.2 Å². The number of rotatable bonds is 11. The maximum atomic E-state index is 11.0. The van der Waals surface area contributed by atoms with Crippen LogP contribution in [0.15, 0.2) is 16.9 Å². The van der Waals surface area contributed by atoms with E-state index in [1.807, 2.05) is 20.8 Å². The van der Waals surface area contributed by atoms with Crippen LogP contribution in [0.1, 0.15) is 63.8 Å². The second-order valence-electron chi connectivity index (χ2n) is 10.7. The van der Waals surface area contributed by atoms with Gasteiger partial charge in [0.25, 0.3) is 0 Å². The Morgan fingerprint density at radius 3 is 2.62 bits per heavy atom. The van der Waals surface area contributed by atoms with E-state index in [0.717, 1.165) is 25.3 Å². The second kappa shape index (κ2) is 12.1. The lowest BCUT2D eigenvalue weighted by Crippen LogP contribution is -2.34. The van der Waals surface area contributed by atoms with Crippen LogP contribution >= 0.6 is 0 Å². The molecule has 2 saturated heterocycles. The van der Waals surface area contributed by atoms with Crippen molar-refractivity contribution in [2.24, 2.45) is 5.92 Å². The summed E-state index contributed by atoms with van der Waals surface area (Å²) < 4.78 is 13.1. The van der Waals surface area contributed by atoms with Crippen LogP contribution in [-0.4, -0.2) is 95.9 Å². The number of ether oxygens (including phenoxy) is 1. The molecule has 0 saturated carbocycles. The fourth-order valence-electron chi connectivity index (χ4n) is 5.14. The molecule has 5 heterocycles. The van der Waals surface area contributed by atoms with Gasteiger partial charge in [0.15, 0.2) is 29.0 Å². The lowest BCUT2D eigenvalue weighted by Gasteiger charge is -2.26. The SMILES string of the molecule is CCc1cc([C@H]2O[C@@H](n3cnc4c(N[C@H](CO)C(C)C)nc(NCCN5CCCCC5)nc43)[C@H](O)[C@@H]2O)on1. The van der Waals surface area contributed by atoms with Crippen LogP contribution in [0.4, 0.5) is 11.8 Å². The Bertz CT molecular complexity index is 1230. The van der Waals surface area contributed by atoms with Crippen molar-refractivity contribution < 1.29 is 24.6 Å². The highest BCUT2D eigenvalue weighted by molar-refractivity contribution is 5.84. The molecule has 0 aliphatic carbocycles. The summed E-state index contributed by atoms with van der Waals surface area (Å²) in [5.74, 6) is 1.37. The Balaban J connectivity index is 1.43. The number of aliphatic hydroxyl groups excluding tert-OH is 3. The predicted molar refractivity (Wildman–Crippen MR) is 144 cm³/mol. The van der Waals surface area contributed by atoms with Crippen molar-refractivity contribution in [1.82, 2.24) is 29.6 Å². The van der Waals surface area contributed by atoms with Crippen LogP contribution in [0.2, 0.25) is 0 Å².